The van der Waals surface area contributed by atoms with E-state index in [9.17, 15) is 9.59 Å². The highest BCUT2D eigenvalue weighted by atomic mass is 32.1. The van der Waals surface area contributed by atoms with Gasteiger partial charge in [0.25, 0.3) is 0 Å². The summed E-state index contributed by atoms with van der Waals surface area (Å²) in [5.74, 6) is 0.601. The number of hydrogen-bond acceptors (Lipinski definition) is 7. The molecular formula is C17H22N4O3S. The predicted octanol–water partition coefficient (Wildman–Crippen LogP) is 1.86. The number of amides is 1. The van der Waals surface area contributed by atoms with Crippen LogP contribution in [-0.2, 0) is 20.7 Å². The Kier molecular flexibility index (Phi) is 5.47. The van der Waals surface area contributed by atoms with Crippen molar-refractivity contribution in [1.29, 1.82) is 0 Å². The fourth-order valence-corrected chi connectivity index (χ4v) is 3.89. The normalized spacial score (nSPS) is 14.8. The largest absolute Gasteiger partial charge is 0.469 e. The van der Waals surface area contributed by atoms with Gasteiger partial charge in [0.1, 0.15) is 17.0 Å². The number of thiophene rings is 1. The average molecular weight is 362 g/mol. The summed E-state index contributed by atoms with van der Waals surface area (Å²) in [5.41, 5.74) is 0. The number of aromatic nitrogens is 2. The maximum Gasteiger partial charge on any atom is 0.306 e. The summed E-state index contributed by atoms with van der Waals surface area (Å²) in [4.78, 5) is 38.5. The second-order valence-electron chi connectivity index (χ2n) is 5.93. The van der Waals surface area contributed by atoms with Crippen molar-refractivity contribution in [1.82, 2.24) is 14.9 Å². The van der Waals surface area contributed by atoms with Gasteiger partial charge in [-0.15, -0.1) is 11.3 Å². The molecule has 0 saturated carbocycles. The number of carbonyl (C=O) groups excluding carboxylic acids is 2. The van der Waals surface area contributed by atoms with Gasteiger partial charge in [-0.2, -0.15) is 0 Å². The molecule has 134 valence electrons. The molecule has 0 atom stereocenters. The van der Waals surface area contributed by atoms with E-state index in [2.05, 4.69) is 32.6 Å². The van der Waals surface area contributed by atoms with Gasteiger partial charge < -0.3 is 14.5 Å². The Bertz CT molecular complexity index is 768. The maximum absolute atomic E-state index is 12.2. The summed E-state index contributed by atoms with van der Waals surface area (Å²) in [7, 11) is 1.34. The van der Waals surface area contributed by atoms with Crippen LogP contribution in [0.1, 0.15) is 24.6 Å². The highest BCUT2D eigenvalue weighted by Gasteiger charge is 2.24. The van der Waals surface area contributed by atoms with E-state index in [0.29, 0.717) is 13.1 Å². The Hall–Kier alpha value is -2.22. The average Bonchev–Trinajstić information content (AvgIpc) is 3.09. The predicted molar refractivity (Wildman–Crippen MR) is 96.8 cm³/mol. The molecule has 8 heteroatoms. The van der Waals surface area contributed by atoms with Crippen molar-refractivity contribution in [2.75, 3.05) is 38.2 Å². The highest BCUT2D eigenvalue weighted by molar-refractivity contribution is 7.18. The first-order chi connectivity index (χ1) is 12.1. The quantitative estimate of drug-likeness (QED) is 0.756. The van der Waals surface area contributed by atoms with Crippen molar-refractivity contribution in [2.24, 2.45) is 0 Å². The molecule has 7 nitrogen and oxygen atoms in total. The lowest BCUT2D eigenvalue weighted by Gasteiger charge is -2.35. The maximum atomic E-state index is 12.2. The second kappa shape index (κ2) is 7.77. The Labute approximate surface area is 150 Å². The molecule has 25 heavy (non-hydrogen) atoms. The number of ether oxygens (including phenoxy) is 1. The van der Waals surface area contributed by atoms with Crippen LogP contribution in [0.15, 0.2) is 12.4 Å². The second-order valence-corrected chi connectivity index (χ2v) is 7.04. The van der Waals surface area contributed by atoms with Gasteiger partial charge in [0.15, 0.2) is 0 Å². The molecule has 0 spiro atoms. The molecule has 0 unspecified atom stereocenters. The lowest BCUT2D eigenvalue weighted by Crippen LogP contribution is -2.49. The van der Waals surface area contributed by atoms with Crippen LogP contribution in [0.2, 0.25) is 0 Å². The first-order valence-corrected chi connectivity index (χ1v) is 9.27. The molecule has 3 heterocycles. The number of hydrogen-bond donors (Lipinski definition) is 0. The van der Waals surface area contributed by atoms with Crippen molar-refractivity contribution in [3.05, 3.63) is 17.3 Å². The van der Waals surface area contributed by atoms with E-state index in [4.69, 9.17) is 0 Å². The van der Waals surface area contributed by atoms with Crippen LogP contribution in [-0.4, -0.2) is 60.0 Å². The Morgan fingerprint density at radius 2 is 1.96 bits per heavy atom. The topological polar surface area (TPSA) is 75.6 Å². The van der Waals surface area contributed by atoms with Crippen molar-refractivity contribution >= 4 is 39.2 Å². The summed E-state index contributed by atoms with van der Waals surface area (Å²) in [5, 5.41) is 1.09. The molecule has 0 aromatic carbocycles. The number of piperazine rings is 1. The van der Waals surface area contributed by atoms with E-state index >= 15 is 0 Å². The SMILES string of the molecule is CCc1cc2c(N3CCN(C(=O)CCC(=O)OC)CC3)ncnc2s1. The van der Waals surface area contributed by atoms with Gasteiger partial charge in [-0.3, -0.25) is 9.59 Å². The Morgan fingerprint density at radius 3 is 2.64 bits per heavy atom. The molecular weight excluding hydrogens is 340 g/mol. The Morgan fingerprint density at radius 1 is 1.20 bits per heavy atom. The molecule has 0 bridgehead atoms. The number of methoxy groups -OCH3 is 1. The first kappa shape index (κ1) is 17.6. The van der Waals surface area contributed by atoms with Crippen molar-refractivity contribution in [2.45, 2.75) is 26.2 Å². The standard InChI is InChI=1S/C17H22N4O3S/c1-3-12-10-13-16(18-11-19-17(13)25-12)21-8-6-20(7-9-21)14(22)4-5-15(23)24-2/h10-11H,3-9H2,1-2H3. The monoisotopic (exact) mass is 362 g/mol. The molecule has 0 aliphatic carbocycles. The number of fused-ring (bicyclic) bond motifs is 1. The van der Waals surface area contributed by atoms with Gasteiger partial charge in [0, 0.05) is 37.5 Å². The fourth-order valence-electron chi connectivity index (χ4n) is 2.96. The molecule has 0 N–H and O–H groups in total. The summed E-state index contributed by atoms with van der Waals surface area (Å²) in [6.07, 6.45) is 2.94. The molecule has 3 rings (SSSR count). The lowest BCUT2D eigenvalue weighted by molar-refractivity contribution is -0.143. The van der Waals surface area contributed by atoms with E-state index in [1.807, 2.05) is 4.90 Å². The minimum absolute atomic E-state index is 0.00156. The first-order valence-electron chi connectivity index (χ1n) is 8.45. The van der Waals surface area contributed by atoms with E-state index < -0.39 is 0 Å². The zero-order chi connectivity index (χ0) is 17.8. The smallest absolute Gasteiger partial charge is 0.306 e. The van der Waals surface area contributed by atoms with Crippen LogP contribution < -0.4 is 4.90 Å². The zero-order valence-corrected chi connectivity index (χ0v) is 15.3. The number of aryl methyl sites for hydroxylation is 1. The lowest BCUT2D eigenvalue weighted by atomic mass is 10.2. The van der Waals surface area contributed by atoms with E-state index in [1.165, 1.54) is 12.0 Å². The van der Waals surface area contributed by atoms with Crippen LogP contribution in [0.3, 0.4) is 0 Å². The van der Waals surface area contributed by atoms with Crippen molar-refractivity contribution in [3.63, 3.8) is 0 Å². The summed E-state index contributed by atoms with van der Waals surface area (Å²) in [6.45, 7) is 4.86. The van der Waals surface area contributed by atoms with Gasteiger partial charge in [0.2, 0.25) is 5.91 Å². The van der Waals surface area contributed by atoms with Gasteiger partial charge in [0.05, 0.1) is 18.9 Å². The number of nitrogens with zero attached hydrogens (tertiary/aromatic N) is 4. The molecule has 1 saturated heterocycles. The van der Waals surface area contributed by atoms with Gasteiger partial charge >= 0.3 is 5.97 Å². The third-order valence-electron chi connectivity index (χ3n) is 4.41. The van der Waals surface area contributed by atoms with Crippen LogP contribution in [0.4, 0.5) is 5.82 Å². The number of rotatable bonds is 5. The minimum Gasteiger partial charge on any atom is -0.469 e. The third-order valence-corrected chi connectivity index (χ3v) is 5.60. The summed E-state index contributed by atoms with van der Waals surface area (Å²) >= 11 is 1.71. The van der Waals surface area contributed by atoms with Crippen LogP contribution in [0, 0.1) is 0 Å². The fraction of sp³-hybridized carbons (Fsp3) is 0.529. The molecule has 1 aliphatic heterocycles. The van der Waals surface area contributed by atoms with Gasteiger partial charge in [-0.25, -0.2) is 9.97 Å². The minimum atomic E-state index is -0.348. The van der Waals surface area contributed by atoms with Crippen molar-refractivity contribution in [3.8, 4) is 0 Å². The van der Waals surface area contributed by atoms with Gasteiger partial charge in [-0.1, -0.05) is 6.92 Å². The summed E-state index contributed by atoms with van der Waals surface area (Å²) in [6, 6.07) is 2.17. The highest BCUT2D eigenvalue weighted by Crippen LogP contribution is 2.30. The Balaban J connectivity index is 1.63. The molecule has 1 aliphatic rings. The van der Waals surface area contributed by atoms with Crippen LogP contribution >= 0.6 is 11.3 Å². The molecule has 2 aromatic heterocycles. The number of esters is 1. The number of carbonyl (C=O) groups is 2. The van der Waals surface area contributed by atoms with Gasteiger partial charge in [-0.05, 0) is 12.5 Å². The molecule has 1 fully saturated rings. The van der Waals surface area contributed by atoms with Crippen LogP contribution in [0.5, 0.6) is 0 Å². The van der Waals surface area contributed by atoms with Crippen molar-refractivity contribution < 1.29 is 14.3 Å². The van der Waals surface area contributed by atoms with E-state index in [0.717, 1.165) is 35.5 Å². The zero-order valence-electron chi connectivity index (χ0n) is 14.5. The molecule has 1 amide bonds. The van der Waals surface area contributed by atoms with E-state index in [1.54, 1.807) is 17.7 Å². The molecule has 0 radical (unpaired) electrons. The summed E-state index contributed by atoms with van der Waals surface area (Å²) < 4.78 is 4.58. The third kappa shape index (κ3) is 3.89. The number of anilines is 1. The molecule has 2 aromatic rings. The van der Waals surface area contributed by atoms with Crippen LogP contribution in [0.25, 0.3) is 10.2 Å². The van der Waals surface area contributed by atoms with E-state index in [-0.39, 0.29) is 24.7 Å².